The molecule has 1 aromatic carbocycles. The number of rotatable bonds is 7. The minimum atomic E-state index is -4.57. The fraction of sp³-hybridized carbons (Fsp3) is 0.375. The summed E-state index contributed by atoms with van der Waals surface area (Å²) < 4.78 is 49.3. The van der Waals surface area contributed by atoms with Crippen molar-refractivity contribution in [3.8, 4) is 11.6 Å². The van der Waals surface area contributed by atoms with E-state index in [4.69, 9.17) is 9.47 Å². The Hall–Kier alpha value is -2.51. The van der Waals surface area contributed by atoms with Gasteiger partial charge in [0, 0.05) is 18.0 Å². The van der Waals surface area contributed by atoms with Crippen LogP contribution in [-0.4, -0.2) is 23.7 Å². The Morgan fingerprint density at radius 3 is 2.71 bits per heavy atom. The molecule has 0 unspecified atom stereocenters. The monoisotopic (exact) mass is 341 g/mol. The van der Waals surface area contributed by atoms with Gasteiger partial charge in [0.05, 0.1) is 13.7 Å². The van der Waals surface area contributed by atoms with E-state index in [1.807, 2.05) is 6.92 Å². The highest BCUT2D eigenvalue weighted by Gasteiger charge is 2.36. The van der Waals surface area contributed by atoms with Crippen LogP contribution in [0.15, 0.2) is 30.5 Å². The second kappa shape index (κ2) is 7.85. The average Bonchev–Trinajstić information content (AvgIpc) is 2.54. The molecule has 0 atom stereocenters. The Labute approximate surface area is 137 Å². The Morgan fingerprint density at radius 2 is 2.04 bits per heavy atom. The van der Waals surface area contributed by atoms with Crippen LogP contribution < -0.4 is 14.8 Å². The van der Waals surface area contributed by atoms with E-state index in [9.17, 15) is 13.2 Å². The normalized spacial score (nSPS) is 11.2. The number of hydrogen-bond acceptors (Lipinski definition) is 5. The summed E-state index contributed by atoms with van der Waals surface area (Å²) in [6.07, 6.45) is -2.41. The number of alkyl halides is 3. The summed E-state index contributed by atoms with van der Waals surface area (Å²) in [6.45, 7) is 2.08. The highest BCUT2D eigenvalue weighted by molar-refractivity contribution is 5.56. The standard InChI is InChI=1S/C16H18F3N3O2/c1-3-4-8-24-14-13(16(17,18)19)10-20-15(22-14)21-11-6-5-7-12(9-11)23-2/h5-7,9-10H,3-4,8H2,1-2H3,(H,20,21,22). The summed E-state index contributed by atoms with van der Waals surface area (Å²) in [5, 5.41) is 2.84. The fourth-order valence-electron chi connectivity index (χ4n) is 1.87. The molecule has 0 aliphatic rings. The van der Waals surface area contributed by atoms with Crippen molar-refractivity contribution in [2.24, 2.45) is 0 Å². The molecule has 2 rings (SSSR count). The number of hydrogen-bond donors (Lipinski definition) is 1. The van der Waals surface area contributed by atoms with E-state index in [-0.39, 0.29) is 12.6 Å². The first-order valence-electron chi connectivity index (χ1n) is 7.42. The summed E-state index contributed by atoms with van der Waals surface area (Å²) in [5.74, 6) is 0.144. The quantitative estimate of drug-likeness (QED) is 0.755. The van der Waals surface area contributed by atoms with Gasteiger partial charge in [0.15, 0.2) is 0 Å². The molecule has 1 N–H and O–H groups in total. The summed E-state index contributed by atoms with van der Waals surface area (Å²) in [4.78, 5) is 7.58. The zero-order valence-corrected chi connectivity index (χ0v) is 13.4. The van der Waals surface area contributed by atoms with Crippen molar-refractivity contribution in [3.05, 3.63) is 36.0 Å². The van der Waals surface area contributed by atoms with Gasteiger partial charge in [-0.05, 0) is 18.6 Å². The Morgan fingerprint density at radius 1 is 1.25 bits per heavy atom. The second-order valence-corrected chi connectivity index (χ2v) is 4.97. The average molecular weight is 341 g/mol. The SMILES string of the molecule is CCCCOc1nc(Nc2cccc(OC)c2)ncc1C(F)(F)F. The van der Waals surface area contributed by atoms with Crippen molar-refractivity contribution in [1.29, 1.82) is 0 Å². The maximum atomic E-state index is 13.0. The molecule has 0 amide bonds. The zero-order valence-electron chi connectivity index (χ0n) is 13.4. The van der Waals surface area contributed by atoms with Crippen LogP contribution in [0.4, 0.5) is 24.8 Å². The van der Waals surface area contributed by atoms with Gasteiger partial charge in [0.1, 0.15) is 11.3 Å². The molecular weight excluding hydrogens is 323 g/mol. The summed E-state index contributed by atoms with van der Waals surface area (Å²) in [7, 11) is 1.52. The van der Waals surface area contributed by atoms with Gasteiger partial charge in [-0.15, -0.1) is 0 Å². The van der Waals surface area contributed by atoms with Crippen molar-refractivity contribution < 1.29 is 22.6 Å². The number of ether oxygens (including phenoxy) is 2. The molecular formula is C16H18F3N3O2. The third-order valence-electron chi connectivity index (χ3n) is 3.12. The van der Waals surface area contributed by atoms with Crippen LogP contribution in [0.5, 0.6) is 11.6 Å². The molecule has 5 nitrogen and oxygen atoms in total. The number of unbranched alkanes of at least 4 members (excludes halogenated alkanes) is 1. The van der Waals surface area contributed by atoms with Crippen LogP contribution in [-0.2, 0) is 6.18 Å². The number of methoxy groups -OCH3 is 1. The Kier molecular flexibility index (Phi) is 5.83. The topological polar surface area (TPSA) is 56.3 Å². The smallest absolute Gasteiger partial charge is 0.423 e. The lowest BCUT2D eigenvalue weighted by Crippen LogP contribution is -2.13. The van der Waals surface area contributed by atoms with Crippen molar-refractivity contribution in [2.45, 2.75) is 25.9 Å². The summed E-state index contributed by atoms with van der Waals surface area (Å²) >= 11 is 0. The van der Waals surface area contributed by atoms with Crippen LogP contribution >= 0.6 is 0 Å². The van der Waals surface area contributed by atoms with Crippen LogP contribution in [0.25, 0.3) is 0 Å². The minimum Gasteiger partial charge on any atom is -0.497 e. The first-order valence-corrected chi connectivity index (χ1v) is 7.42. The zero-order chi connectivity index (χ0) is 17.6. The maximum absolute atomic E-state index is 13.0. The predicted octanol–water partition coefficient (Wildman–Crippen LogP) is 4.43. The molecule has 0 aliphatic carbocycles. The van der Waals surface area contributed by atoms with Crippen LogP contribution in [0.3, 0.4) is 0 Å². The molecule has 0 aliphatic heterocycles. The van der Waals surface area contributed by atoms with Crippen LogP contribution in [0.2, 0.25) is 0 Å². The molecule has 0 spiro atoms. The molecule has 1 aromatic heterocycles. The van der Waals surface area contributed by atoms with Crippen molar-refractivity contribution in [3.63, 3.8) is 0 Å². The van der Waals surface area contributed by atoms with E-state index >= 15 is 0 Å². The van der Waals surface area contributed by atoms with Gasteiger partial charge in [0.25, 0.3) is 0 Å². The third-order valence-corrected chi connectivity index (χ3v) is 3.12. The molecule has 24 heavy (non-hydrogen) atoms. The number of aromatic nitrogens is 2. The van der Waals surface area contributed by atoms with Crippen LogP contribution in [0, 0.1) is 0 Å². The molecule has 130 valence electrons. The lowest BCUT2D eigenvalue weighted by atomic mass is 10.3. The van der Waals surface area contributed by atoms with Gasteiger partial charge >= 0.3 is 6.18 Å². The number of benzene rings is 1. The molecule has 0 fully saturated rings. The van der Waals surface area contributed by atoms with Gasteiger partial charge in [0.2, 0.25) is 11.8 Å². The number of halogens is 3. The van der Waals surface area contributed by atoms with E-state index in [1.165, 1.54) is 7.11 Å². The first-order chi connectivity index (χ1) is 11.4. The predicted molar refractivity (Wildman–Crippen MR) is 83.7 cm³/mol. The summed E-state index contributed by atoms with van der Waals surface area (Å²) in [5.41, 5.74) is -0.400. The largest absolute Gasteiger partial charge is 0.497 e. The highest BCUT2D eigenvalue weighted by atomic mass is 19.4. The number of nitrogens with zero attached hydrogens (tertiary/aromatic N) is 2. The van der Waals surface area contributed by atoms with Gasteiger partial charge in [-0.2, -0.15) is 18.2 Å². The van der Waals surface area contributed by atoms with Crippen molar-refractivity contribution >= 4 is 11.6 Å². The van der Waals surface area contributed by atoms with Gasteiger partial charge < -0.3 is 14.8 Å². The van der Waals surface area contributed by atoms with Crippen molar-refractivity contribution in [1.82, 2.24) is 9.97 Å². The lowest BCUT2D eigenvalue weighted by molar-refractivity contribution is -0.139. The number of anilines is 2. The molecule has 1 heterocycles. The number of nitrogens with one attached hydrogen (secondary N) is 1. The second-order valence-electron chi connectivity index (χ2n) is 4.97. The van der Waals surface area contributed by atoms with Crippen LogP contribution in [0.1, 0.15) is 25.3 Å². The molecule has 0 radical (unpaired) electrons. The fourth-order valence-corrected chi connectivity index (χ4v) is 1.87. The van der Waals surface area contributed by atoms with E-state index < -0.39 is 17.6 Å². The van der Waals surface area contributed by atoms with Gasteiger partial charge in [-0.25, -0.2) is 4.98 Å². The van der Waals surface area contributed by atoms with E-state index in [2.05, 4.69) is 15.3 Å². The first kappa shape index (κ1) is 17.8. The molecule has 0 bridgehead atoms. The minimum absolute atomic E-state index is 0.0164. The molecule has 0 saturated heterocycles. The molecule has 0 saturated carbocycles. The maximum Gasteiger partial charge on any atom is 0.423 e. The van der Waals surface area contributed by atoms with Crippen molar-refractivity contribution in [2.75, 3.05) is 19.0 Å². The highest BCUT2D eigenvalue weighted by Crippen LogP contribution is 2.35. The van der Waals surface area contributed by atoms with E-state index in [0.717, 1.165) is 12.6 Å². The van der Waals surface area contributed by atoms with E-state index in [0.29, 0.717) is 17.9 Å². The van der Waals surface area contributed by atoms with Gasteiger partial charge in [-0.1, -0.05) is 19.4 Å². The van der Waals surface area contributed by atoms with E-state index in [1.54, 1.807) is 24.3 Å². The Balaban J connectivity index is 2.25. The lowest BCUT2D eigenvalue weighted by Gasteiger charge is -2.14. The summed E-state index contributed by atoms with van der Waals surface area (Å²) in [6, 6.07) is 6.89. The van der Waals surface area contributed by atoms with Gasteiger partial charge in [-0.3, -0.25) is 0 Å². The molecule has 8 heteroatoms. The Bertz CT molecular complexity index is 678. The molecule has 2 aromatic rings. The third kappa shape index (κ3) is 4.74.